The lowest BCUT2D eigenvalue weighted by atomic mass is 10.1. The minimum Gasteiger partial charge on any atom is -0.489 e. The number of amides is 2. The van der Waals surface area contributed by atoms with E-state index in [1.807, 2.05) is 0 Å². The number of halogens is 1. The van der Waals surface area contributed by atoms with Gasteiger partial charge in [0.2, 0.25) is 0 Å². The van der Waals surface area contributed by atoms with Crippen LogP contribution in [0.4, 0.5) is 21.0 Å². The number of ether oxygens (including phenoxy) is 1. The maximum absolute atomic E-state index is 14.4. The molecule has 0 atom stereocenters. The highest BCUT2D eigenvalue weighted by Gasteiger charge is 2.23. The van der Waals surface area contributed by atoms with Gasteiger partial charge < -0.3 is 21.1 Å². The Kier molecular flexibility index (Phi) is 5.32. The zero-order chi connectivity index (χ0) is 21.3. The van der Waals surface area contributed by atoms with Crippen molar-refractivity contribution in [1.29, 1.82) is 0 Å². The van der Waals surface area contributed by atoms with E-state index in [1.54, 1.807) is 12.1 Å². The summed E-state index contributed by atoms with van der Waals surface area (Å²) in [5, 5.41) is 5.45. The van der Waals surface area contributed by atoms with Gasteiger partial charge in [-0.25, -0.2) is 14.4 Å². The van der Waals surface area contributed by atoms with Crippen molar-refractivity contribution in [2.45, 2.75) is 25.9 Å². The fourth-order valence-corrected chi connectivity index (χ4v) is 3.19. The van der Waals surface area contributed by atoms with Crippen molar-refractivity contribution in [3.05, 3.63) is 58.5 Å². The van der Waals surface area contributed by atoms with Gasteiger partial charge in [-0.1, -0.05) is 11.3 Å². The first-order valence-electron chi connectivity index (χ1n) is 9.16. The SMILES string of the molecule is Cc1c(F)cc(C(=O)Nc2ccc(OC3CC3)cn2)cc1NC(=O)c1cnc(N)s1. The Hall–Kier alpha value is -3.53. The maximum Gasteiger partial charge on any atom is 0.267 e. The van der Waals surface area contributed by atoms with Gasteiger partial charge in [-0.05, 0) is 44.0 Å². The number of benzene rings is 1. The van der Waals surface area contributed by atoms with Crippen LogP contribution < -0.4 is 21.1 Å². The summed E-state index contributed by atoms with van der Waals surface area (Å²) in [7, 11) is 0. The van der Waals surface area contributed by atoms with Crippen LogP contribution in [0.2, 0.25) is 0 Å². The first-order chi connectivity index (χ1) is 14.4. The van der Waals surface area contributed by atoms with Crippen LogP contribution in [0.15, 0.2) is 36.7 Å². The van der Waals surface area contributed by atoms with E-state index in [9.17, 15) is 14.0 Å². The second-order valence-corrected chi connectivity index (χ2v) is 7.86. The van der Waals surface area contributed by atoms with Gasteiger partial charge in [0, 0.05) is 16.8 Å². The molecule has 1 fully saturated rings. The molecule has 0 saturated heterocycles. The zero-order valence-corrected chi connectivity index (χ0v) is 16.8. The van der Waals surface area contributed by atoms with Crippen molar-refractivity contribution in [1.82, 2.24) is 9.97 Å². The number of carbonyl (C=O) groups is 2. The Bertz CT molecular complexity index is 1110. The monoisotopic (exact) mass is 427 g/mol. The van der Waals surface area contributed by atoms with Crippen molar-refractivity contribution in [2.24, 2.45) is 0 Å². The summed E-state index contributed by atoms with van der Waals surface area (Å²) >= 11 is 1.01. The molecule has 0 radical (unpaired) electrons. The molecule has 10 heteroatoms. The lowest BCUT2D eigenvalue weighted by Crippen LogP contribution is -2.16. The van der Waals surface area contributed by atoms with Crippen LogP contribution in [-0.4, -0.2) is 27.9 Å². The lowest BCUT2D eigenvalue weighted by molar-refractivity contribution is 0.101. The van der Waals surface area contributed by atoms with Gasteiger partial charge in [-0.3, -0.25) is 9.59 Å². The van der Waals surface area contributed by atoms with E-state index in [2.05, 4.69) is 20.6 Å². The molecule has 3 aromatic rings. The molecular formula is C20H18FN5O3S. The molecule has 4 rings (SSSR count). The van der Waals surface area contributed by atoms with E-state index >= 15 is 0 Å². The van der Waals surface area contributed by atoms with E-state index in [-0.39, 0.29) is 32.9 Å². The molecule has 1 aromatic carbocycles. The number of thiazole rings is 1. The van der Waals surface area contributed by atoms with Crippen LogP contribution in [0.3, 0.4) is 0 Å². The first kappa shape index (κ1) is 19.8. The highest BCUT2D eigenvalue weighted by molar-refractivity contribution is 7.17. The van der Waals surface area contributed by atoms with E-state index in [0.29, 0.717) is 11.6 Å². The van der Waals surface area contributed by atoms with Crippen LogP contribution in [0.1, 0.15) is 38.4 Å². The summed E-state index contributed by atoms with van der Waals surface area (Å²) in [6.45, 7) is 1.51. The Morgan fingerprint density at radius 1 is 1.17 bits per heavy atom. The highest BCUT2D eigenvalue weighted by Crippen LogP contribution is 2.27. The fraction of sp³-hybridized carbons (Fsp3) is 0.200. The van der Waals surface area contributed by atoms with Crippen molar-refractivity contribution >= 4 is 39.8 Å². The molecule has 0 bridgehead atoms. The van der Waals surface area contributed by atoms with E-state index in [1.165, 1.54) is 25.4 Å². The van der Waals surface area contributed by atoms with Gasteiger partial charge in [0.25, 0.3) is 11.8 Å². The van der Waals surface area contributed by atoms with Gasteiger partial charge in [0.05, 0.1) is 18.5 Å². The lowest BCUT2D eigenvalue weighted by Gasteiger charge is -2.12. The second kappa shape index (κ2) is 8.07. The van der Waals surface area contributed by atoms with E-state index < -0.39 is 17.6 Å². The van der Waals surface area contributed by atoms with Crippen molar-refractivity contribution in [2.75, 3.05) is 16.4 Å². The number of nitrogens with two attached hydrogens (primary N) is 1. The number of carbonyl (C=O) groups excluding carboxylic acids is 2. The largest absolute Gasteiger partial charge is 0.489 e. The molecule has 2 amide bonds. The molecule has 30 heavy (non-hydrogen) atoms. The molecule has 0 aliphatic heterocycles. The fourth-order valence-electron chi connectivity index (χ4n) is 2.61. The maximum atomic E-state index is 14.4. The van der Waals surface area contributed by atoms with Crippen molar-refractivity contribution < 1.29 is 18.7 Å². The number of hydrogen-bond acceptors (Lipinski definition) is 7. The topological polar surface area (TPSA) is 119 Å². The third-order valence-corrected chi connectivity index (χ3v) is 5.23. The molecule has 1 aliphatic rings. The Morgan fingerprint density at radius 3 is 2.60 bits per heavy atom. The molecule has 2 aromatic heterocycles. The van der Waals surface area contributed by atoms with Crippen LogP contribution in [-0.2, 0) is 0 Å². The number of aromatic nitrogens is 2. The summed E-state index contributed by atoms with van der Waals surface area (Å²) in [6, 6.07) is 5.83. The number of anilines is 3. The van der Waals surface area contributed by atoms with Crippen molar-refractivity contribution in [3.8, 4) is 5.75 Å². The summed E-state index contributed by atoms with van der Waals surface area (Å²) in [6.07, 6.45) is 5.17. The summed E-state index contributed by atoms with van der Waals surface area (Å²) in [4.78, 5) is 33.1. The minimum absolute atomic E-state index is 0.0392. The Labute approximate surface area is 175 Å². The zero-order valence-electron chi connectivity index (χ0n) is 15.9. The smallest absolute Gasteiger partial charge is 0.267 e. The van der Waals surface area contributed by atoms with Gasteiger partial charge in [0.1, 0.15) is 22.3 Å². The first-order valence-corrected chi connectivity index (χ1v) is 9.97. The predicted molar refractivity (Wildman–Crippen MR) is 111 cm³/mol. The molecule has 4 N–H and O–H groups in total. The number of nitrogen functional groups attached to an aromatic ring is 1. The molecular weight excluding hydrogens is 409 g/mol. The number of pyridine rings is 1. The third kappa shape index (κ3) is 4.54. The molecule has 0 spiro atoms. The summed E-state index contributed by atoms with van der Waals surface area (Å²) < 4.78 is 20.0. The Balaban J connectivity index is 1.48. The molecule has 8 nitrogen and oxygen atoms in total. The minimum atomic E-state index is -0.622. The van der Waals surface area contributed by atoms with Gasteiger partial charge in [0.15, 0.2) is 5.13 Å². The van der Waals surface area contributed by atoms with Crippen LogP contribution >= 0.6 is 11.3 Å². The Morgan fingerprint density at radius 2 is 1.97 bits per heavy atom. The molecule has 2 heterocycles. The van der Waals surface area contributed by atoms with E-state index in [4.69, 9.17) is 10.5 Å². The van der Waals surface area contributed by atoms with Crippen LogP contribution in [0.5, 0.6) is 5.75 Å². The molecule has 1 saturated carbocycles. The van der Waals surface area contributed by atoms with Crippen molar-refractivity contribution in [3.63, 3.8) is 0 Å². The average molecular weight is 427 g/mol. The number of nitrogens with one attached hydrogen (secondary N) is 2. The number of nitrogens with zero attached hydrogens (tertiary/aromatic N) is 2. The highest BCUT2D eigenvalue weighted by atomic mass is 32.1. The predicted octanol–water partition coefficient (Wildman–Crippen LogP) is 3.61. The van der Waals surface area contributed by atoms with Crippen LogP contribution in [0, 0.1) is 12.7 Å². The average Bonchev–Trinajstić information content (AvgIpc) is 3.43. The number of rotatable bonds is 6. The summed E-state index contributed by atoms with van der Waals surface area (Å²) in [5.41, 5.74) is 5.96. The number of hydrogen-bond donors (Lipinski definition) is 3. The molecule has 1 aliphatic carbocycles. The normalized spacial score (nSPS) is 13.0. The third-order valence-electron chi connectivity index (χ3n) is 4.41. The standard InChI is InChI=1S/C20H18FN5O3S/c1-10-14(21)6-11(7-15(10)25-19(28)16-9-24-20(22)30-16)18(27)26-17-5-4-13(8-23-17)29-12-2-3-12/h4-9,12H,2-3H2,1H3,(H2,22,24)(H,25,28)(H,23,26,27). The van der Waals surface area contributed by atoms with Crippen LogP contribution in [0.25, 0.3) is 0 Å². The van der Waals surface area contributed by atoms with Gasteiger partial charge >= 0.3 is 0 Å². The summed E-state index contributed by atoms with van der Waals surface area (Å²) in [5.74, 6) is -0.740. The second-order valence-electron chi connectivity index (χ2n) is 6.80. The van der Waals surface area contributed by atoms with E-state index in [0.717, 1.165) is 30.2 Å². The van der Waals surface area contributed by atoms with Gasteiger partial charge in [-0.2, -0.15) is 0 Å². The quantitative estimate of drug-likeness (QED) is 0.553. The molecule has 154 valence electrons. The van der Waals surface area contributed by atoms with Gasteiger partial charge in [-0.15, -0.1) is 0 Å². The molecule has 0 unspecified atom stereocenters.